The summed E-state index contributed by atoms with van der Waals surface area (Å²) in [5, 5.41) is 12.4. The van der Waals surface area contributed by atoms with E-state index in [1.54, 1.807) is 73.7 Å². The highest BCUT2D eigenvalue weighted by Gasteiger charge is 2.16. The Morgan fingerprint density at radius 2 is 1.79 bits per heavy atom. The number of anilines is 1. The minimum Gasteiger partial charge on any atom is -0.467 e. The van der Waals surface area contributed by atoms with Crippen LogP contribution in [0.3, 0.4) is 0 Å². The SMILES string of the molecule is Cc1cc(NC(=O)Cn2c(=O)n(Cc3ccc(C(=O)NCc4ccco4)cc3)c(=O)c3ccccc32)n[nH]1. The van der Waals surface area contributed by atoms with Gasteiger partial charge in [0.15, 0.2) is 5.82 Å². The fourth-order valence-corrected chi connectivity index (χ4v) is 4.10. The molecule has 0 saturated heterocycles. The van der Waals surface area contributed by atoms with Crippen molar-refractivity contribution in [1.82, 2.24) is 24.6 Å². The summed E-state index contributed by atoms with van der Waals surface area (Å²) in [6, 6.07) is 18.4. The van der Waals surface area contributed by atoms with E-state index in [4.69, 9.17) is 4.42 Å². The first-order chi connectivity index (χ1) is 18.4. The van der Waals surface area contributed by atoms with Crippen LogP contribution in [0.1, 0.15) is 27.4 Å². The maximum absolute atomic E-state index is 13.4. The number of rotatable bonds is 8. The molecular weight excluding hydrogens is 488 g/mol. The van der Waals surface area contributed by atoms with Gasteiger partial charge in [-0.2, -0.15) is 5.10 Å². The normalized spacial score (nSPS) is 11.0. The largest absolute Gasteiger partial charge is 0.467 e. The number of aromatic amines is 1. The van der Waals surface area contributed by atoms with Crippen LogP contribution in [-0.2, 0) is 24.4 Å². The molecule has 0 aliphatic carbocycles. The zero-order chi connectivity index (χ0) is 26.6. The predicted molar refractivity (Wildman–Crippen MR) is 140 cm³/mol. The van der Waals surface area contributed by atoms with Crippen molar-refractivity contribution in [2.45, 2.75) is 26.6 Å². The zero-order valence-corrected chi connectivity index (χ0v) is 20.4. The van der Waals surface area contributed by atoms with Gasteiger partial charge in [-0.25, -0.2) is 4.79 Å². The number of para-hydroxylation sites is 1. The van der Waals surface area contributed by atoms with Crippen LogP contribution in [0.25, 0.3) is 10.9 Å². The Morgan fingerprint density at radius 1 is 1.00 bits per heavy atom. The minimum absolute atomic E-state index is 0.0308. The molecule has 0 aliphatic heterocycles. The molecule has 3 N–H and O–H groups in total. The van der Waals surface area contributed by atoms with Gasteiger partial charge in [0.2, 0.25) is 5.91 Å². The van der Waals surface area contributed by atoms with Gasteiger partial charge in [-0.15, -0.1) is 0 Å². The maximum atomic E-state index is 13.4. The molecular formula is C27H24N6O5. The second-order valence-corrected chi connectivity index (χ2v) is 8.72. The fraction of sp³-hybridized carbons (Fsp3) is 0.148. The van der Waals surface area contributed by atoms with Crippen LogP contribution in [0.15, 0.2) is 87.0 Å². The summed E-state index contributed by atoms with van der Waals surface area (Å²) in [5.74, 6) is 0.233. The van der Waals surface area contributed by atoms with Gasteiger partial charge >= 0.3 is 5.69 Å². The maximum Gasteiger partial charge on any atom is 0.332 e. The summed E-state index contributed by atoms with van der Waals surface area (Å²) < 4.78 is 7.56. The number of amides is 2. The van der Waals surface area contributed by atoms with Crippen molar-refractivity contribution in [2.75, 3.05) is 5.32 Å². The lowest BCUT2D eigenvalue weighted by molar-refractivity contribution is -0.116. The van der Waals surface area contributed by atoms with Gasteiger partial charge in [-0.1, -0.05) is 24.3 Å². The highest BCUT2D eigenvalue weighted by molar-refractivity contribution is 5.94. The standard InChI is InChI=1S/C27H24N6O5/c1-17-13-23(31-30-17)29-24(34)16-32-22-7-3-2-6-21(22)26(36)33(27(32)37)15-18-8-10-19(11-9-18)25(35)28-14-20-5-4-12-38-20/h2-13H,14-16H2,1H3,(H,28,35)(H2,29,30,31,34). The third-order valence-electron chi connectivity index (χ3n) is 5.97. The van der Waals surface area contributed by atoms with E-state index in [0.29, 0.717) is 33.6 Å². The summed E-state index contributed by atoms with van der Waals surface area (Å²) in [7, 11) is 0. The molecule has 0 saturated carbocycles. The number of hydrogen-bond acceptors (Lipinski definition) is 6. The number of furan rings is 1. The van der Waals surface area contributed by atoms with Crippen molar-refractivity contribution in [3.05, 3.63) is 116 Å². The first-order valence-electron chi connectivity index (χ1n) is 11.8. The Labute approximate surface area is 215 Å². The number of H-pyrrole nitrogens is 1. The molecule has 3 aromatic heterocycles. The number of aromatic nitrogens is 4. The lowest BCUT2D eigenvalue weighted by Crippen LogP contribution is -2.42. The average Bonchev–Trinajstić information content (AvgIpc) is 3.59. The van der Waals surface area contributed by atoms with Gasteiger partial charge in [0.25, 0.3) is 11.5 Å². The van der Waals surface area contributed by atoms with Gasteiger partial charge in [0.05, 0.1) is 30.3 Å². The highest BCUT2D eigenvalue weighted by Crippen LogP contribution is 2.11. The molecule has 2 amide bonds. The third-order valence-corrected chi connectivity index (χ3v) is 5.97. The second-order valence-electron chi connectivity index (χ2n) is 8.72. The van der Waals surface area contributed by atoms with Gasteiger partial charge in [-0.05, 0) is 48.9 Å². The van der Waals surface area contributed by atoms with E-state index < -0.39 is 17.2 Å². The molecule has 5 rings (SSSR count). The Morgan fingerprint density at radius 3 is 2.50 bits per heavy atom. The molecule has 0 unspecified atom stereocenters. The molecule has 0 fully saturated rings. The lowest BCUT2D eigenvalue weighted by atomic mass is 10.1. The van der Waals surface area contributed by atoms with E-state index in [-0.39, 0.29) is 25.5 Å². The molecule has 2 aromatic carbocycles. The highest BCUT2D eigenvalue weighted by atomic mass is 16.3. The fourth-order valence-electron chi connectivity index (χ4n) is 4.10. The van der Waals surface area contributed by atoms with Crippen LogP contribution >= 0.6 is 0 Å². The van der Waals surface area contributed by atoms with Gasteiger partial charge in [-0.3, -0.25) is 28.6 Å². The second kappa shape index (κ2) is 10.4. The first kappa shape index (κ1) is 24.5. The molecule has 11 heteroatoms. The van der Waals surface area contributed by atoms with E-state index in [1.165, 1.54) is 10.8 Å². The van der Waals surface area contributed by atoms with Gasteiger partial charge in [0, 0.05) is 17.3 Å². The Bertz CT molecular complexity index is 1730. The van der Waals surface area contributed by atoms with Crippen molar-refractivity contribution >= 4 is 28.5 Å². The summed E-state index contributed by atoms with van der Waals surface area (Å²) in [6.45, 7) is 1.72. The van der Waals surface area contributed by atoms with E-state index >= 15 is 0 Å². The van der Waals surface area contributed by atoms with E-state index in [1.807, 2.05) is 0 Å². The molecule has 5 aromatic rings. The van der Waals surface area contributed by atoms with Gasteiger partial charge < -0.3 is 15.1 Å². The third kappa shape index (κ3) is 5.16. The molecule has 0 aliphatic rings. The zero-order valence-electron chi connectivity index (χ0n) is 20.4. The average molecular weight is 513 g/mol. The topological polar surface area (TPSA) is 144 Å². The van der Waals surface area contributed by atoms with Crippen LogP contribution < -0.4 is 21.9 Å². The number of nitrogens with one attached hydrogen (secondary N) is 3. The van der Waals surface area contributed by atoms with Crippen LogP contribution in [-0.4, -0.2) is 31.1 Å². The van der Waals surface area contributed by atoms with Crippen LogP contribution in [0.4, 0.5) is 5.82 Å². The number of carbonyl (C=O) groups is 2. The Balaban J connectivity index is 1.39. The van der Waals surface area contributed by atoms with Crippen molar-refractivity contribution in [2.24, 2.45) is 0 Å². The van der Waals surface area contributed by atoms with E-state index in [2.05, 4.69) is 20.8 Å². The molecule has 3 heterocycles. The predicted octanol–water partition coefficient (Wildman–Crippen LogP) is 2.40. The van der Waals surface area contributed by atoms with Crippen molar-refractivity contribution in [1.29, 1.82) is 0 Å². The molecule has 0 atom stereocenters. The number of hydrogen-bond donors (Lipinski definition) is 3. The number of nitrogens with zero attached hydrogens (tertiary/aromatic N) is 3. The van der Waals surface area contributed by atoms with Crippen molar-refractivity contribution in [3.63, 3.8) is 0 Å². The van der Waals surface area contributed by atoms with E-state index in [0.717, 1.165) is 10.3 Å². The molecule has 192 valence electrons. The molecule has 0 spiro atoms. The molecule has 0 radical (unpaired) electrons. The quantitative estimate of drug-likeness (QED) is 0.291. The summed E-state index contributed by atoms with van der Waals surface area (Å²) >= 11 is 0. The number of fused-ring (bicyclic) bond motifs is 1. The summed E-state index contributed by atoms with van der Waals surface area (Å²) in [5.41, 5.74) is 1.11. The van der Waals surface area contributed by atoms with Crippen LogP contribution in [0.2, 0.25) is 0 Å². The van der Waals surface area contributed by atoms with Crippen LogP contribution in [0.5, 0.6) is 0 Å². The van der Waals surface area contributed by atoms with Crippen LogP contribution in [0, 0.1) is 6.92 Å². The van der Waals surface area contributed by atoms with Crippen molar-refractivity contribution in [3.8, 4) is 0 Å². The Hall–Kier alpha value is -5.19. The summed E-state index contributed by atoms with van der Waals surface area (Å²) in [4.78, 5) is 51.8. The molecule has 0 bridgehead atoms. The van der Waals surface area contributed by atoms with Gasteiger partial charge in [0.1, 0.15) is 12.3 Å². The smallest absolute Gasteiger partial charge is 0.332 e. The number of carbonyl (C=O) groups excluding carboxylic acids is 2. The number of benzene rings is 2. The number of aryl methyl sites for hydroxylation is 1. The lowest BCUT2D eigenvalue weighted by Gasteiger charge is -2.14. The molecule has 38 heavy (non-hydrogen) atoms. The summed E-state index contributed by atoms with van der Waals surface area (Å²) in [6.07, 6.45) is 1.53. The Kier molecular flexibility index (Phi) is 6.72. The monoisotopic (exact) mass is 512 g/mol. The minimum atomic E-state index is -0.623. The molecule has 11 nitrogen and oxygen atoms in total. The van der Waals surface area contributed by atoms with E-state index in [9.17, 15) is 19.2 Å². The first-order valence-corrected chi connectivity index (χ1v) is 11.8. The van der Waals surface area contributed by atoms with Crippen molar-refractivity contribution < 1.29 is 14.0 Å².